The Morgan fingerprint density at radius 2 is 2.04 bits per heavy atom. The second kappa shape index (κ2) is 7.77. The van der Waals surface area contributed by atoms with E-state index in [9.17, 15) is 4.79 Å². The van der Waals surface area contributed by atoms with Crippen LogP contribution >= 0.6 is 11.6 Å². The minimum Gasteiger partial charge on any atom is -0.317 e. The summed E-state index contributed by atoms with van der Waals surface area (Å²) in [5.41, 5.74) is 1.09. The number of hydrogen-bond acceptors (Lipinski definition) is 4. The van der Waals surface area contributed by atoms with Gasteiger partial charge in [-0.05, 0) is 50.0 Å². The molecule has 2 heterocycles. The first kappa shape index (κ1) is 16.9. The van der Waals surface area contributed by atoms with Crippen LogP contribution in [0, 0.1) is 0 Å². The molecule has 1 aliphatic heterocycles. The molecule has 1 aliphatic rings. The molecular weight excluding hydrogens is 326 g/mol. The van der Waals surface area contributed by atoms with E-state index < -0.39 is 0 Å². The smallest absolute Gasteiger partial charge is 0.227 e. The number of halogens is 1. The quantitative estimate of drug-likeness (QED) is 0.871. The highest BCUT2D eigenvalue weighted by molar-refractivity contribution is 6.30. The van der Waals surface area contributed by atoms with E-state index in [4.69, 9.17) is 11.6 Å². The number of anilines is 1. The van der Waals surface area contributed by atoms with E-state index in [2.05, 4.69) is 20.7 Å². The van der Waals surface area contributed by atoms with Gasteiger partial charge in [0.2, 0.25) is 11.9 Å². The first-order valence-electron chi connectivity index (χ1n) is 8.28. The van der Waals surface area contributed by atoms with Gasteiger partial charge in [-0.2, -0.15) is 10.1 Å². The van der Waals surface area contributed by atoms with Crippen molar-refractivity contribution >= 4 is 23.5 Å². The number of carbonyl (C=O) groups is 1. The lowest BCUT2D eigenvalue weighted by molar-refractivity contribution is -0.116. The molecule has 0 bridgehead atoms. The van der Waals surface area contributed by atoms with Crippen LogP contribution < -0.4 is 10.6 Å². The zero-order valence-electron chi connectivity index (χ0n) is 13.8. The van der Waals surface area contributed by atoms with E-state index >= 15 is 0 Å². The molecule has 7 heteroatoms. The van der Waals surface area contributed by atoms with Gasteiger partial charge in [0, 0.05) is 24.4 Å². The number of benzene rings is 1. The van der Waals surface area contributed by atoms with Crippen LogP contribution in [0.5, 0.6) is 0 Å². The Kier molecular flexibility index (Phi) is 5.48. The highest BCUT2D eigenvalue weighted by Crippen LogP contribution is 2.23. The third-order valence-electron chi connectivity index (χ3n) is 4.29. The summed E-state index contributed by atoms with van der Waals surface area (Å²) in [7, 11) is 1.81. The zero-order chi connectivity index (χ0) is 16.9. The van der Waals surface area contributed by atoms with E-state index in [1.807, 2.05) is 31.3 Å². The van der Waals surface area contributed by atoms with Crippen molar-refractivity contribution in [1.29, 1.82) is 0 Å². The lowest BCUT2D eigenvalue weighted by atomic mass is 9.98. The number of piperidine rings is 1. The lowest BCUT2D eigenvalue weighted by Crippen LogP contribution is -2.27. The molecule has 0 spiro atoms. The standard InChI is InChI=1S/C17H22ClN5O/c1-23-17(21-16(22-23)13-8-10-19-11-9-13)20-15(24)7-4-12-2-5-14(18)6-3-12/h2-3,5-6,13,19H,4,7-11H2,1H3,(H,20,21,22,24). The van der Waals surface area contributed by atoms with Crippen molar-refractivity contribution in [2.45, 2.75) is 31.6 Å². The van der Waals surface area contributed by atoms with Crippen LogP contribution in [0.3, 0.4) is 0 Å². The Morgan fingerprint density at radius 3 is 2.75 bits per heavy atom. The molecule has 128 valence electrons. The average molecular weight is 348 g/mol. The van der Waals surface area contributed by atoms with E-state index in [0.717, 1.165) is 37.3 Å². The summed E-state index contributed by atoms with van der Waals surface area (Å²) in [6.45, 7) is 1.98. The molecule has 0 atom stereocenters. The molecule has 2 N–H and O–H groups in total. The predicted octanol–water partition coefficient (Wildman–Crippen LogP) is 2.51. The summed E-state index contributed by atoms with van der Waals surface area (Å²) in [6.07, 6.45) is 3.14. The maximum Gasteiger partial charge on any atom is 0.227 e. The van der Waals surface area contributed by atoms with Crippen molar-refractivity contribution in [2.24, 2.45) is 7.05 Å². The van der Waals surface area contributed by atoms with Gasteiger partial charge in [0.15, 0.2) is 5.82 Å². The monoisotopic (exact) mass is 347 g/mol. The minimum absolute atomic E-state index is 0.0580. The maximum atomic E-state index is 12.2. The fourth-order valence-corrected chi connectivity index (χ4v) is 2.99. The second-order valence-electron chi connectivity index (χ2n) is 6.12. The van der Waals surface area contributed by atoms with E-state index in [1.165, 1.54) is 0 Å². The van der Waals surface area contributed by atoms with E-state index in [0.29, 0.717) is 29.7 Å². The molecule has 3 rings (SSSR count). The molecule has 1 aromatic heterocycles. The van der Waals surface area contributed by atoms with Crippen molar-refractivity contribution in [3.8, 4) is 0 Å². The molecule has 1 aromatic carbocycles. The van der Waals surface area contributed by atoms with Gasteiger partial charge in [0.05, 0.1) is 0 Å². The Morgan fingerprint density at radius 1 is 1.33 bits per heavy atom. The first-order chi connectivity index (χ1) is 11.6. The van der Waals surface area contributed by atoms with Gasteiger partial charge in [0.1, 0.15) is 0 Å². The van der Waals surface area contributed by atoms with Crippen molar-refractivity contribution in [3.63, 3.8) is 0 Å². The Bertz CT molecular complexity index is 692. The van der Waals surface area contributed by atoms with Gasteiger partial charge < -0.3 is 5.32 Å². The largest absolute Gasteiger partial charge is 0.317 e. The molecule has 6 nitrogen and oxygen atoms in total. The lowest BCUT2D eigenvalue weighted by Gasteiger charge is -2.19. The number of aryl methyl sites for hydroxylation is 2. The van der Waals surface area contributed by atoms with Crippen LogP contribution in [0.15, 0.2) is 24.3 Å². The number of nitrogens with zero attached hydrogens (tertiary/aromatic N) is 3. The molecule has 0 unspecified atom stereocenters. The van der Waals surface area contributed by atoms with Crippen molar-refractivity contribution < 1.29 is 4.79 Å². The van der Waals surface area contributed by atoms with Crippen LogP contribution in [-0.2, 0) is 18.3 Å². The Balaban J connectivity index is 1.55. The molecule has 2 aromatic rings. The fourth-order valence-electron chi connectivity index (χ4n) is 2.86. The molecule has 0 radical (unpaired) electrons. The normalized spacial score (nSPS) is 15.4. The van der Waals surface area contributed by atoms with Crippen LogP contribution in [0.1, 0.15) is 36.6 Å². The fraction of sp³-hybridized carbons (Fsp3) is 0.471. The number of amides is 1. The highest BCUT2D eigenvalue weighted by Gasteiger charge is 2.21. The van der Waals surface area contributed by atoms with Gasteiger partial charge in [-0.15, -0.1) is 0 Å². The van der Waals surface area contributed by atoms with Gasteiger partial charge in [-0.3, -0.25) is 10.1 Å². The predicted molar refractivity (Wildman–Crippen MR) is 94.3 cm³/mol. The third kappa shape index (κ3) is 4.33. The Labute approximate surface area is 146 Å². The number of aromatic nitrogens is 3. The first-order valence-corrected chi connectivity index (χ1v) is 8.65. The summed E-state index contributed by atoms with van der Waals surface area (Å²) in [6, 6.07) is 7.55. The van der Waals surface area contributed by atoms with Crippen LogP contribution in [-0.4, -0.2) is 33.8 Å². The molecule has 24 heavy (non-hydrogen) atoms. The highest BCUT2D eigenvalue weighted by atomic mass is 35.5. The molecule has 1 fully saturated rings. The molecule has 1 saturated heterocycles. The van der Waals surface area contributed by atoms with E-state index in [-0.39, 0.29) is 5.91 Å². The van der Waals surface area contributed by atoms with Crippen molar-refractivity contribution in [3.05, 3.63) is 40.7 Å². The Hall–Kier alpha value is -1.92. The summed E-state index contributed by atoms with van der Waals surface area (Å²) in [5, 5.41) is 11.4. The molecule has 1 amide bonds. The van der Waals surface area contributed by atoms with Crippen molar-refractivity contribution in [1.82, 2.24) is 20.1 Å². The maximum absolute atomic E-state index is 12.2. The van der Waals surface area contributed by atoms with E-state index in [1.54, 1.807) is 4.68 Å². The molecule has 0 aliphatic carbocycles. The topological polar surface area (TPSA) is 71.8 Å². The number of rotatable bonds is 5. The van der Waals surface area contributed by atoms with Gasteiger partial charge in [-0.1, -0.05) is 23.7 Å². The van der Waals surface area contributed by atoms with Crippen LogP contribution in [0.25, 0.3) is 0 Å². The third-order valence-corrected chi connectivity index (χ3v) is 4.54. The summed E-state index contributed by atoms with van der Waals surface area (Å²) >= 11 is 5.86. The summed E-state index contributed by atoms with van der Waals surface area (Å²) in [4.78, 5) is 16.7. The zero-order valence-corrected chi connectivity index (χ0v) is 14.5. The van der Waals surface area contributed by atoms with Crippen molar-refractivity contribution in [2.75, 3.05) is 18.4 Å². The number of hydrogen-bond donors (Lipinski definition) is 2. The molecular formula is C17H22ClN5O. The molecule has 0 saturated carbocycles. The summed E-state index contributed by atoms with van der Waals surface area (Å²) in [5.74, 6) is 1.66. The van der Waals surface area contributed by atoms with Gasteiger partial charge >= 0.3 is 0 Å². The van der Waals surface area contributed by atoms with Gasteiger partial charge in [0.25, 0.3) is 0 Å². The second-order valence-corrected chi connectivity index (χ2v) is 6.55. The van der Waals surface area contributed by atoms with Gasteiger partial charge in [-0.25, -0.2) is 4.68 Å². The summed E-state index contributed by atoms with van der Waals surface area (Å²) < 4.78 is 1.65. The number of nitrogens with one attached hydrogen (secondary N) is 2. The average Bonchev–Trinajstić information content (AvgIpc) is 2.96. The van der Waals surface area contributed by atoms with Crippen LogP contribution in [0.4, 0.5) is 5.95 Å². The number of carbonyl (C=O) groups excluding carboxylic acids is 1. The van der Waals surface area contributed by atoms with Crippen LogP contribution in [0.2, 0.25) is 5.02 Å². The minimum atomic E-state index is -0.0580. The SMILES string of the molecule is Cn1nc(C2CCNCC2)nc1NC(=O)CCc1ccc(Cl)cc1.